The summed E-state index contributed by atoms with van der Waals surface area (Å²) >= 11 is 9.32. The van der Waals surface area contributed by atoms with Gasteiger partial charge in [0.2, 0.25) is 0 Å². The number of benzene rings is 1. The fourth-order valence-electron chi connectivity index (χ4n) is 1.24. The van der Waals surface area contributed by atoms with Crippen molar-refractivity contribution in [1.29, 1.82) is 0 Å². The molecule has 0 aliphatic carbocycles. The Bertz CT molecular complexity index is 305. The van der Waals surface area contributed by atoms with E-state index in [-0.39, 0.29) is 5.41 Å². The van der Waals surface area contributed by atoms with Crippen LogP contribution in [0.3, 0.4) is 0 Å². The van der Waals surface area contributed by atoms with Crippen LogP contribution in [0.2, 0.25) is 0 Å². The van der Waals surface area contributed by atoms with E-state index in [1.54, 1.807) is 0 Å². The van der Waals surface area contributed by atoms with Crippen LogP contribution in [0.4, 0.5) is 0 Å². The first-order valence-electron chi connectivity index (χ1n) is 4.54. The van der Waals surface area contributed by atoms with E-state index < -0.39 is 0 Å². The van der Waals surface area contributed by atoms with Gasteiger partial charge in [0.05, 0.1) is 0 Å². The zero-order chi connectivity index (χ0) is 10.6. The predicted octanol–water partition coefficient (Wildman–Crippen LogP) is 4.42. The maximum absolute atomic E-state index is 5.91. The summed E-state index contributed by atoms with van der Waals surface area (Å²) in [6.45, 7) is 5.94. The van der Waals surface area contributed by atoms with E-state index in [2.05, 4.69) is 41.6 Å². The summed E-state index contributed by atoms with van der Waals surface area (Å²) in [4.78, 5) is 0. The second-order valence-electron chi connectivity index (χ2n) is 3.80. The molecule has 0 bridgehead atoms. The Hall–Kier alpha value is -0.270. The van der Waals surface area contributed by atoms with Crippen molar-refractivity contribution in [3.8, 4) is 0 Å². The van der Waals surface area contributed by atoms with Crippen LogP contribution in [0, 0.1) is 5.41 Å². The van der Waals surface area contributed by atoms with Crippen molar-refractivity contribution in [2.24, 2.45) is 5.41 Å². The van der Waals surface area contributed by atoms with Crippen LogP contribution in [0.5, 0.6) is 0 Å². The average Bonchev–Trinajstić information content (AvgIpc) is 2.21. The van der Waals surface area contributed by atoms with Gasteiger partial charge in [-0.1, -0.05) is 41.1 Å². The Kier molecular flexibility index (Phi) is 4.21. The summed E-state index contributed by atoms with van der Waals surface area (Å²) in [5, 5.41) is 0. The van der Waals surface area contributed by atoms with Crippen molar-refractivity contribution in [2.45, 2.75) is 13.3 Å². The molecule has 76 valence electrons. The van der Waals surface area contributed by atoms with E-state index in [1.807, 2.05) is 18.2 Å². The molecule has 0 heterocycles. The van der Waals surface area contributed by atoms with Gasteiger partial charge in [-0.05, 0) is 24.1 Å². The number of halogens is 2. The van der Waals surface area contributed by atoms with Gasteiger partial charge in [-0.15, -0.1) is 18.2 Å². The zero-order valence-electron chi connectivity index (χ0n) is 8.26. The topological polar surface area (TPSA) is 0 Å². The average molecular weight is 274 g/mol. The summed E-state index contributed by atoms with van der Waals surface area (Å²) in [5.74, 6) is 0.604. The second-order valence-corrected chi connectivity index (χ2v) is 4.98. The summed E-state index contributed by atoms with van der Waals surface area (Å²) in [7, 11) is 0. The highest BCUT2D eigenvalue weighted by Gasteiger charge is 2.19. The third kappa shape index (κ3) is 3.14. The molecule has 0 nitrogen and oxygen atoms in total. The Morgan fingerprint density at radius 3 is 2.43 bits per heavy atom. The number of alkyl halides is 1. The van der Waals surface area contributed by atoms with Crippen molar-refractivity contribution in [3.05, 3.63) is 47.0 Å². The van der Waals surface area contributed by atoms with Crippen LogP contribution < -0.4 is 0 Å². The first-order valence-corrected chi connectivity index (χ1v) is 5.86. The Morgan fingerprint density at radius 2 is 2.00 bits per heavy atom. The molecule has 1 aromatic carbocycles. The molecule has 1 unspecified atom stereocenters. The molecule has 1 aromatic rings. The van der Waals surface area contributed by atoms with Crippen molar-refractivity contribution in [2.75, 3.05) is 5.88 Å². The monoisotopic (exact) mass is 272 g/mol. The third-order valence-corrected chi connectivity index (χ3v) is 3.46. The zero-order valence-corrected chi connectivity index (χ0v) is 10.6. The number of hydrogen-bond donors (Lipinski definition) is 0. The molecule has 0 radical (unpaired) electrons. The van der Waals surface area contributed by atoms with Crippen LogP contribution in [-0.2, 0) is 6.42 Å². The minimum absolute atomic E-state index is 0.00458. The molecular weight excluding hydrogens is 259 g/mol. The van der Waals surface area contributed by atoms with E-state index in [0.717, 1.165) is 10.9 Å². The van der Waals surface area contributed by atoms with Crippen LogP contribution in [-0.4, -0.2) is 5.88 Å². The highest BCUT2D eigenvalue weighted by Crippen LogP contribution is 2.26. The molecule has 1 rings (SSSR count). The fourth-order valence-corrected chi connectivity index (χ4v) is 1.71. The molecule has 0 N–H and O–H groups in total. The molecule has 14 heavy (non-hydrogen) atoms. The van der Waals surface area contributed by atoms with E-state index in [4.69, 9.17) is 11.6 Å². The summed E-state index contributed by atoms with van der Waals surface area (Å²) < 4.78 is 1.10. The Balaban J connectivity index is 2.77. The minimum atomic E-state index is -0.00458. The lowest BCUT2D eigenvalue weighted by molar-refractivity contribution is 0.486. The standard InChI is InChI=1S/C12H14BrCl/c1-3-12(2,9-14)8-10-4-6-11(13)7-5-10/h3-7H,1,8-9H2,2H3. The molecule has 0 amide bonds. The van der Waals surface area contributed by atoms with Gasteiger partial charge in [-0.25, -0.2) is 0 Å². The van der Waals surface area contributed by atoms with Gasteiger partial charge >= 0.3 is 0 Å². The van der Waals surface area contributed by atoms with E-state index in [9.17, 15) is 0 Å². The predicted molar refractivity (Wildman–Crippen MR) is 66.9 cm³/mol. The fraction of sp³-hybridized carbons (Fsp3) is 0.333. The van der Waals surface area contributed by atoms with Crippen molar-refractivity contribution in [1.82, 2.24) is 0 Å². The SMILES string of the molecule is C=CC(C)(CCl)Cc1ccc(Br)cc1. The highest BCUT2D eigenvalue weighted by atomic mass is 79.9. The normalized spacial score (nSPS) is 14.8. The van der Waals surface area contributed by atoms with Gasteiger partial charge in [0, 0.05) is 15.8 Å². The number of hydrogen-bond acceptors (Lipinski definition) is 0. The van der Waals surface area contributed by atoms with E-state index in [1.165, 1.54) is 5.56 Å². The molecule has 0 spiro atoms. The summed E-state index contributed by atoms with van der Waals surface area (Å²) in [6.07, 6.45) is 2.87. The quantitative estimate of drug-likeness (QED) is 0.563. The maximum Gasteiger partial charge on any atom is 0.0315 e. The molecule has 0 aliphatic heterocycles. The first kappa shape index (κ1) is 11.8. The molecule has 2 heteroatoms. The van der Waals surface area contributed by atoms with Crippen LogP contribution in [0.25, 0.3) is 0 Å². The highest BCUT2D eigenvalue weighted by molar-refractivity contribution is 9.10. The van der Waals surface area contributed by atoms with Gasteiger partial charge in [0.15, 0.2) is 0 Å². The molecule has 0 saturated carbocycles. The van der Waals surface area contributed by atoms with Crippen molar-refractivity contribution < 1.29 is 0 Å². The van der Waals surface area contributed by atoms with Crippen LogP contribution >= 0.6 is 27.5 Å². The molecular formula is C12H14BrCl. The third-order valence-electron chi connectivity index (χ3n) is 2.32. The van der Waals surface area contributed by atoms with Gasteiger partial charge in [-0.3, -0.25) is 0 Å². The van der Waals surface area contributed by atoms with Gasteiger partial charge in [-0.2, -0.15) is 0 Å². The van der Waals surface area contributed by atoms with Gasteiger partial charge < -0.3 is 0 Å². The smallest absolute Gasteiger partial charge is 0.0315 e. The summed E-state index contributed by atoms with van der Waals surface area (Å²) in [6, 6.07) is 8.32. The number of allylic oxidation sites excluding steroid dienone is 1. The lowest BCUT2D eigenvalue weighted by Gasteiger charge is -2.22. The molecule has 0 aliphatic rings. The number of rotatable bonds is 4. The minimum Gasteiger partial charge on any atom is -0.126 e. The molecule has 0 saturated heterocycles. The van der Waals surface area contributed by atoms with Gasteiger partial charge in [0.25, 0.3) is 0 Å². The summed E-state index contributed by atoms with van der Waals surface area (Å²) in [5.41, 5.74) is 1.28. The Morgan fingerprint density at radius 1 is 1.43 bits per heavy atom. The van der Waals surface area contributed by atoms with Crippen molar-refractivity contribution >= 4 is 27.5 Å². The molecule has 0 aromatic heterocycles. The van der Waals surface area contributed by atoms with Crippen LogP contribution in [0.15, 0.2) is 41.4 Å². The largest absolute Gasteiger partial charge is 0.126 e. The lowest BCUT2D eigenvalue weighted by Crippen LogP contribution is -2.18. The van der Waals surface area contributed by atoms with E-state index >= 15 is 0 Å². The lowest BCUT2D eigenvalue weighted by atomic mass is 9.86. The van der Waals surface area contributed by atoms with E-state index in [0.29, 0.717) is 5.88 Å². The Labute approximate surface area is 99.1 Å². The van der Waals surface area contributed by atoms with Crippen LogP contribution in [0.1, 0.15) is 12.5 Å². The second kappa shape index (κ2) is 4.99. The van der Waals surface area contributed by atoms with Gasteiger partial charge in [0.1, 0.15) is 0 Å². The first-order chi connectivity index (χ1) is 6.59. The molecule has 0 fully saturated rings. The maximum atomic E-state index is 5.91. The van der Waals surface area contributed by atoms with Crippen molar-refractivity contribution in [3.63, 3.8) is 0 Å². The molecule has 1 atom stereocenters.